The number of carbonyl (C=O) groups is 2. The maximum atomic E-state index is 13.0. The van der Waals surface area contributed by atoms with E-state index in [0.717, 1.165) is 49.9 Å². The Labute approximate surface area is 170 Å². The van der Waals surface area contributed by atoms with E-state index in [2.05, 4.69) is 15.5 Å². The zero-order chi connectivity index (χ0) is 20.0. The molecule has 29 heavy (non-hydrogen) atoms. The highest BCUT2D eigenvalue weighted by molar-refractivity contribution is 7.17. The number of carbonyl (C=O) groups excluding carboxylic acids is 1. The summed E-state index contributed by atoms with van der Waals surface area (Å²) in [7, 11) is 0. The molecule has 1 fully saturated rings. The second-order valence-corrected chi connectivity index (χ2v) is 8.77. The Morgan fingerprint density at radius 3 is 2.76 bits per heavy atom. The number of aromatic nitrogens is 2. The lowest BCUT2D eigenvalue weighted by molar-refractivity contribution is -0.134. The normalized spacial score (nSPS) is 19.2. The maximum Gasteiger partial charge on any atom is 0.334 e. The number of carboxylic acid groups (broad SMARTS) is 1. The molecule has 2 aliphatic carbocycles. The number of rotatable bonds is 5. The largest absolute Gasteiger partial charge is 0.478 e. The number of fused-ring (bicyclic) bond motifs is 1. The number of carboxylic acids is 1. The molecule has 0 unspecified atom stereocenters. The molecule has 0 spiro atoms. The molecule has 2 aromatic rings. The van der Waals surface area contributed by atoms with Gasteiger partial charge in [-0.15, -0.1) is 11.3 Å². The molecule has 1 amide bonds. The van der Waals surface area contributed by atoms with Crippen LogP contribution in [0.5, 0.6) is 0 Å². The van der Waals surface area contributed by atoms with Crippen molar-refractivity contribution >= 4 is 28.2 Å². The van der Waals surface area contributed by atoms with Gasteiger partial charge in [0.15, 0.2) is 5.82 Å². The molecule has 0 aromatic carbocycles. The first-order valence-electron chi connectivity index (χ1n) is 9.94. The van der Waals surface area contributed by atoms with Gasteiger partial charge < -0.3 is 19.7 Å². The van der Waals surface area contributed by atoms with Crippen LogP contribution in [-0.4, -0.2) is 40.3 Å². The van der Waals surface area contributed by atoms with E-state index in [0.29, 0.717) is 23.4 Å². The van der Waals surface area contributed by atoms with Crippen LogP contribution in [0.2, 0.25) is 0 Å². The van der Waals surface area contributed by atoms with Gasteiger partial charge in [0.25, 0.3) is 11.8 Å². The predicted octanol–water partition coefficient (Wildman–Crippen LogP) is 3.29. The van der Waals surface area contributed by atoms with Crippen molar-refractivity contribution in [2.45, 2.75) is 50.9 Å². The highest BCUT2D eigenvalue weighted by atomic mass is 32.1. The molecule has 3 heterocycles. The van der Waals surface area contributed by atoms with E-state index in [1.165, 1.54) is 21.8 Å². The number of aryl methyl sites for hydroxylation is 1. The zero-order valence-electron chi connectivity index (χ0n) is 15.8. The molecule has 3 aliphatic rings. The van der Waals surface area contributed by atoms with Gasteiger partial charge in [-0.05, 0) is 44.1 Å². The lowest BCUT2D eigenvalue weighted by Gasteiger charge is -2.17. The summed E-state index contributed by atoms with van der Waals surface area (Å²) >= 11 is 1.53. The molecule has 0 atom stereocenters. The molecule has 1 saturated carbocycles. The molecule has 0 bridgehead atoms. The van der Waals surface area contributed by atoms with E-state index in [-0.39, 0.29) is 24.2 Å². The van der Waals surface area contributed by atoms with E-state index in [1.807, 2.05) is 0 Å². The van der Waals surface area contributed by atoms with Crippen LogP contribution >= 0.6 is 11.3 Å². The van der Waals surface area contributed by atoms with Crippen molar-refractivity contribution in [2.75, 3.05) is 18.5 Å². The number of hydrogen-bond donors (Lipinski definition) is 2. The van der Waals surface area contributed by atoms with Crippen LogP contribution < -0.4 is 5.32 Å². The monoisotopic (exact) mass is 415 g/mol. The molecule has 0 radical (unpaired) electrons. The van der Waals surface area contributed by atoms with Crippen molar-refractivity contribution in [1.29, 1.82) is 0 Å². The Morgan fingerprint density at radius 1 is 1.14 bits per heavy atom. The summed E-state index contributed by atoms with van der Waals surface area (Å²) in [6.07, 6.45) is 6.51. The molecule has 9 heteroatoms. The molecular weight excluding hydrogens is 394 g/mol. The number of nitrogens with zero attached hydrogens (tertiary/aromatic N) is 2. The Hall–Kier alpha value is -2.52. The first kappa shape index (κ1) is 18.5. The summed E-state index contributed by atoms with van der Waals surface area (Å²) < 4.78 is 10.8. The summed E-state index contributed by atoms with van der Waals surface area (Å²) in [5.41, 5.74) is 2.26. The van der Waals surface area contributed by atoms with E-state index >= 15 is 0 Å². The summed E-state index contributed by atoms with van der Waals surface area (Å²) in [5.74, 6) is 0.0406. The summed E-state index contributed by atoms with van der Waals surface area (Å²) in [6, 6.07) is 0. The van der Waals surface area contributed by atoms with Gasteiger partial charge in [-0.3, -0.25) is 4.79 Å². The van der Waals surface area contributed by atoms with Gasteiger partial charge in [-0.1, -0.05) is 5.16 Å². The quantitative estimate of drug-likeness (QED) is 0.770. The minimum Gasteiger partial charge on any atom is -0.478 e. The molecule has 1 aliphatic heterocycles. The number of aliphatic carboxylic acids is 1. The van der Waals surface area contributed by atoms with Gasteiger partial charge in [-0.2, -0.15) is 4.98 Å². The van der Waals surface area contributed by atoms with Gasteiger partial charge in [0.1, 0.15) is 5.00 Å². The van der Waals surface area contributed by atoms with Crippen LogP contribution in [0.15, 0.2) is 15.7 Å². The zero-order valence-corrected chi connectivity index (χ0v) is 16.6. The Balaban J connectivity index is 1.51. The Kier molecular flexibility index (Phi) is 4.71. The van der Waals surface area contributed by atoms with Crippen LogP contribution in [0.3, 0.4) is 0 Å². The average Bonchev–Trinajstić information content (AvgIpc) is 3.35. The molecular formula is C20H21N3O5S. The Morgan fingerprint density at radius 2 is 1.97 bits per heavy atom. The van der Waals surface area contributed by atoms with Gasteiger partial charge >= 0.3 is 5.97 Å². The van der Waals surface area contributed by atoms with Gasteiger partial charge in [0, 0.05) is 22.8 Å². The smallest absolute Gasteiger partial charge is 0.334 e. The molecule has 8 nitrogen and oxygen atoms in total. The van der Waals surface area contributed by atoms with Crippen molar-refractivity contribution in [3.8, 4) is 11.5 Å². The van der Waals surface area contributed by atoms with Crippen molar-refractivity contribution in [3.05, 3.63) is 27.4 Å². The molecule has 0 saturated heterocycles. The fourth-order valence-electron chi connectivity index (χ4n) is 3.93. The molecule has 5 rings (SSSR count). The third kappa shape index (κ3) is 3.49. The minimum atomic E-state index is -1.12. The van der Waals surface area contributed by atoms with Gasteiger partial charge in [0.05, 0.1) is 24.4 Å². The second kappa shape index (κ2) is 7.38. The number of thiophene rings is 1. The van der Waals surface area contributed by atoms with Crippen LogP contribution in [0.4, 0.5) is 5.00 Å². The average molecular weight is 415 g/mol. The maximum absolute atomic E-state index is 13.0. The highest BCUT2D eigenvalue weighted by Crippen LogP contribution is 2.45. The lowest BCUT2D eigenvalue weighted by atomic mass is 9.95. The summed E-state index contributed by atoms with van der Waals surface area (Å²) in [4.78, 5) is 30.3. The van der Waals surface area contributed by atoms with Crippen molar-refractivity contribution in [2.24, 2.45) is 0 Å². The fraction of sp³-hybridized carbons (Fsp3) is 0.500. The van der Waals surface area contributed by atoms with Crippen molar-refractivity contribution < 1.29 is 24.0 Å². The van der Waals surface area contributed by atoms with Crippen LogP contribution in [0.1, 0.15) is 54.3 Å². The lowest BCUT2D eigenvalue weighted by Crippen LogP contribution is -2.25. The SMILES string of the molecule is O=C(O)C1=C(C(=O)Nc2sc3c(c2-c2nc(C4CC4)no2)CCCC3)CCOC1. The highest BCUT2D eigenvalue weighted by Gasteiger charge is 2.32. The van der Waals surface area contributed by atoms with Crippen molar-refractivity contribution in [1.82, 2.24) is 10.1 Å². The van der Waals surface area contributed by atoms with Crippen LogP contribution in [-0.2, 0) is 27.2 Å². The standard InChI is InChI=1S/C20H21N3O5S/c24-17(11-7-8-27-9-13(11)20(25)26)22-19-15(12-3-1-2-4-14(12)29-19)18-21-16(23-28-18)10-5-6-10/h10H,1-9H2,(H,22,24)(H,25,26). The fourth-order valence-corrected chi connectivity index (χ4v) is 5.21. The third-order valence-electron chi connectivity index (χ3n) is 5.64. The number of hydrogen-bond acceptors (Lipinski definition) is 7. The van der Waals surface area contributed by atoms with E-state index in [9.17, 15) is 14.7 Å². The number of ether oxygens (including phenoxy) is 1. The van der Waals surface area contributed by atoms with Gasteiger partial charge in [0.2, 0.25) is 0 Å². The topological polar surface area (TPSA) is 115 Å². The minimum absolute atomic E-state index is 0.0189. The van der Waals surface area contributed by atoms with Crippen molar-refractivity contribution in [3.63, 3.8) is 0 Å². The van der Waals surface area contributed by atoms with E-state index in [1.54, 1.807) is 0 Å². The summed E-state index contributed by atoms with van der Waals surface area (Å²) in [6.45, 7) is 0.280. The number of anilines is 1. The second-order valence-electron chi connectivity index (χ2n) is 7.67. The first-order chi connectivity index (χ1) is 14.1. The third-order valence-corrected chi connectivity index (χ3v) is 6.84. The number of amides is 1. The first-order valence-corrected chi connectivity index (χ1v) is 10.8. The van der Waals surface area contributed by atoms with Gasteiger partial charge in [-0.25, -0.2) is 4.79 Å². The van der Waals surface area contributed by atoms with Crippen LogP contribution in [0.25, 0.3) is 11.5 Å². The number of nitrogens with one attached hydrogen (secondary N) is 1. The molecule has 152 valence electrons. The summed E-state index contributed by atoms with van der Waals surface area (Å²) in [5, 5.41) is 17.1. The Bertz CT molecular complexity index is 1020. The molecule has 2 N–H and O–H groups in total. The van der Waals surface area contributed by atoms with E-state index < -0.39 is 11.9 Å². The van der Waals surface area contributed by atoms with E-state index in [4.69, 9.17) is 9.26 Å². The predicted molar refractivity (Wildman–Crippen MR) is 105 cm³/mol. The molecule has 2 aromatic heterocycles. The van der Waals surface area contributed by atoms with Crippen LogP contribution in [0, 0.1) is 0 Å².